The van der Waals surface area contributed by atoms with Crippen LogP contribution in [0.5, 0.6) is 5.75 Å². The predicted molar refractivity (Wildman–Crippen MR) is 59.0 cm³/mol. The van der Waals surface area contributed by atoms with Crippen molar-refractivity contribution in [1.82, 2.24) is 9.88 Å². The van der Waals surface area contributed by atoms with Gasteiger partial charge in [0, 0.05) is 19.3 Å². The molecule has 1 aromatic rings. The van der Waals surface area contributed by atoms with Crippen LogP contribution in [-0.2, 0) is 0 Å². The van der Waals surface area contributed by atoms with Crippen molar-refractivity contribution in [2.45, 2.75) is 6.42 Å². The predicted octanol–water partition coefficient (Wildman–Crippen LogP) is 0.208. The molecule has 1 atom stereocenters. The smallest absolute Gasteiger partial charge is 0.257 e. The molecule has 0 aromatic carbocycles. The number of carbonyl (C=O) groups excluding carboxylic acids is 1. The van der Waals surface area contributed by atoms with E-state index in [9.17, 15) is 9.90 Å². The topological polar surface area (TPSA) is 79.5 Å². The molecule has 2 heterocycles. The lowest BCUT2D eigenvalue weighted by molar-refractivity contribution is 0.0784. The Morgan fingerprint density at radius 2 is 2.50 bits per heavy atom. The highest BCUT2D eigenvalue weighted by molar-refractivity contribution is 5.96. The summed E-state index contributed by atoms with van der Waals surface area (Å²) in [5.74, 6) is 0.174. The van der Waals surface area contributed by atoms with E-state index in [1.165, 1.54) is 18.5 Å². The van der Waals surface area contributed by atoms with E-state index in [4.69, 9.17) is 5.73 Å². The highest BCUT2D eigenvalue weighted by atomic mass is 16.3. The Hall–Kier alpha value is -1.62. The van der Waals surface area contributed by atoms with Gasteiger partial charge < -0.3 is 15.7 Å². The summed E-state index contributed by atoms with van der Waals surface area (Å²) in [5, 5.41) is 9.53. The highest BCUT2D eigenvalue weighted by Gasteiger charge is 2.27. The summed E-state index contributed by atoms with van der Waals surface area (Å²) >= 11 is 0. The molecule has 1 amide bonds. The van der Waals surface area contributed by atoms with Crippen molar-refractivity contribution in [3.05, 3.63) is 24.0 Å². The fourth-order valence-corrected chi connectivity index (χ4v) is 1.95. The van der Waals surface area contributed by atoms with Crippen molar-refractivity contribution in [2.24, 2.45) is 11.7 Å². The van der Waals surface area contributed by atoms with Crippen LogP contribution in [0, 0.1) is 5.92 Å². The molecule has 16 heavy (non-hydrogen) atoms. The molecule has 1 unspecified atom stereocenters. The van der Waals surface area contributed by atoms with Gasteiger partial charge in [-0.2, -0.15) is 0 Å². The average Bonchev–Trinajstić information content (AvgIpc) is 2.77. The number of hydrogen-bond donors (Lipinski definition) is 2. The van der Waals surface area contributed by atoms with E-state index in [2.05, 4.69) is 4.98 Å². The maximum atomic E-state index is 12.0. The molecule has 1 aromatic heterocycles. The van der Waals surface area contributed by atoms with Gasteiger partial charge in [0.1, 0.15) is 5.75 Å². The third-order valence-corrected chi connectivity index (χ3v) is 2.94. The standard InChI is InChI=1S/C11H15N3O2/c12-5-8-2-4-14(7-8)11(16)9-1-3-13-6-10(9)15/h1,3,6,8,15H,2,4-5,7,12H2. The van der Waals surface area contributed by atoms with Crippen LogP contribution < -0.4 is 5.73 Å². The summed E-state index contributed by atoms with van der Waals surface area (Å²) in [6, 6.07) is 1.54. The zero-order valence-corrected chi connectivity index (χ0v) is 8.97. The summed E-state index contributed by atoms with van der Waals surface area (Å²) in [5.41, 5.74) is 5.88. The SMILES string of the molecule is NCC1CCN(C(=O)c2ccncc2O)C1. The van der Waals surface area contributed by atoms with Gasteiger partial charge in [0.05, 0.1) is 11.8 Å². The van der Waals surface area contributed by atoms with Gasteiger partial charge in [-0.15, -0.1) is 0 Å². The van der Waals surface area contributed by atoms with Gasteiger partial charge in [0.15, 0.2) is 0 Å². The monoisotopic (exact) mass is 221 g/mol. The van der Waals surface area contributed by atoms with Crippen LogP contribution in [0.25, 0.3) is 0 Å². The number of pyridine rings is 1. The van der Waals surface area contributed by atoms with Gasteiger partial charge in [-0.3, -0.25) is 9.78 Å². The maximum Gasteiger partial charge on any atom is 0.257 e. The van der Waals surface area contributed by atoms with Crippen molar-refractivity contribution >= 4 is 5.91 Å². The van der Waals surface area contributed by atoms with Crippen LogP contribution in [0.1, 0.15) is 16.8 Å². The lowest BCUT2D eigenvalue weighted by atomic mass is 10.1. The van der Waals surface area contributed by atoms with E-state index < -0.39 is 0 Å². The number of nitrogens with zero attached hydrogens (tertiary/aromatic N) is 2. The number of aromatic nitrogens is 1. The Kier molecular flexibility index (Phi) is 3.05. The van der Waals surface area contributed by atoms with Gasteiger partial charge >= 0.3 is 0 Å². The van der Waals surface area contributed by atoms with E-state index in [1.54, 1.807) is 4.90 Å². The second-order valence-electron chi connectivity index (χ2n) is 4.03. The lowest BCUT2D eigenvalue weighted by Gasteiger charge is -2.16. The van der Waals surface area contributed by atoms with E-state index in [1.807, 2.05) is 0 Å². The van der Waals surface area contributed by atoms with Crippen molar-refractivity contribution < 1.29 is 9.90 Å². The molecule has 0 aliphatic carbocycles. The number of rotatable bonds is 2. The second-order valence-corrected chi connectivity index (χ2v) is 4.03. The summed E-state index contributed by atoms with van der Waals surface area (Å²) < 4.78 is 0. The molecule has 1 fully saturated rings. The number of aromatic hydroxyl groups is 1. The fourth-order valence-electron chi connectivity index (χ4n) is 1.95. The summed E-state index contributed by atoms with van der Waals surface area (Å²) in [4.78, 5) is 17.5. The van der Waals surface area contributed by atoms with Crippen LogP contribution in [0.2, 0.25) is 0 Å². The average molecular weight is 221 g/mol. The molecular weight excluding hydrogens is 206 g/mol. The van der Waals surface area contributed by atoms with Gasteiger partial charge in [-0.25, -0.2) is 0 Å². The molecule has 1 aliphatic rings. The highest BCUT2D eigenvalue weighted by Crippen LogP contribution is 2.21. The minimum absolute atomic E-state index is 0.0660. The van der Waals surface area contributed by atoms with Gasteiger partial charge in [-0.1, -0.05) is 0 Å². The van der Waals surface area contributed by atoms with Crippen molar-refractivity contribution in [2.75, 3.05) is 19.6 Å². The maximum absolute atomic E-state index is 12.0. The normalized spacial score (nSPS) is 20.1. The third kappa shape index (κ3) is 1.99. The van der Waals surface area contributed by atoms with E-state index >= 15 is 0 Å². The number of amides is 1. The Morgan fingerprint density at radius 3 is 3.12 bits per heavy atom. The van der Waals surface area contributed by atoms with Gasteiger partial charge in [0.25, 0.3) is 5.91 Å². The molecular formula is C11H15N3O2. The van der Waals surface area contributed by atoms with E-state index in [0.29, 0.717) is 31.1 Å². The molecule has 3 N–H and O–H groups in total. The van der Waals surface area contributed by atoms with Gasteiger partial charge in [-0.05, 0) is 24.9 Å². The zero-order chi connectivity index (χ0) is 11.5. The largest absolute Gasteiger partial charge is 0.505 e. The number of hydrogen-bond acceptors (Lipinski definition) is 4. The van der Waals surface area contributed by atoms with Crippen molar-refractivity contribution in [1.29, 1.82) is 0 Å². The molecule has 0 saturated carbocycles. The Morgan fingerprint density at radius 1 is 1.69 bits per heavy atom. The lowest BCUT2D eigenvalue weighted by Crippen LogP contribution is -2.29. The Bertz CT molecular complexity index is 395. The first-order chi connectivity index (χ1) is 7.72. The number of carbonyl (C=O) groups is 1. The molecule has 0 bridgehead atoms. The molecule has 1 saturated heterocycles. The van der Waals surface area contributed by atoms with Crippen LogP contribution in [0.15, 0.2) is 18.5 Å². The third-order valence-electron chi connectivity index (χ3n) is 2.94. The van der Waals surface area contributed by atoms with Crippen LogP contribution in [-0.4, -0.2) is 40.5 Å². The van der Waals surface area contributed by atoms with Crippen molar-refractivity contribution in [3.63, 3.8) is 0 Å². The van der Waals surface area contributed by atoms with Gasteiger partial charge in [0.2, 0.25) is 0 Å². The Balaban J connectivity index is 2.12. The van der Waals surface area contributed by atoms with Crippen LogP contribution >= 0.6 is 0 Å². The molecule has 86 valence electrons. The van der Waals surface area contributed by atoms with E-state index in [0.717, 1.165) is 6.42 Å². The summed E-state index contributed by atoms with van der Waals surface area (Å²) in [6.07, 6.45) is 3.72. The number of likely N-dealkylation sites (tertiary alicyclic amines) is 1. The second kappa shape index (κ2) is 4.49. The zero-order valence-electron chi connectivity index (χ0n) is 8.97. The molecule has 0 spiro atoms. The number of nitrogens with two attached hydrogens (primary N) is 1. The van der Waals surface area contributed by atoms with Crippen molar-refractivity contribution in [3.8, 4) is 5.75 Å². The first kappa shape index (κ1) is 10.9. The molecule has 5 nitrogen and oxygen atoms in total. The minimum Gasteiger partial charge on any atom is -0.505 e. The molecule has 0 radical (unpaired) electrons. The molecule has 1 aliphatic heterocycles. The summed E-state index contributed by atoms with van der Waals surface area (Å²) in [6.45, 7) is 1.99. The fraction of sp³-hybridized carbons (Fsp3) is 0.455. The van der Waals surface area contributed by atoms with Crippen LogP contribution in [0.3, 0.4) is 0 Å². The van der Waals surface area contributed by atoms with Crippen LogP contribution in [0.4, 0.5) is 0 Å². The minimum atomic E-state index is -0.143. The Labute approximate surface area is 93.9 Å². The quantitative estimate of drug-likeness (QED) is 0.748. The first-order valence-electron chi connectivity index (χ1n) is 5.34. The molecule has 5 heteroatoms. The summed E-state index contributed by atoms with van der Waals surface area (Å²) in [7, 11) is 0. The molecule has 2 rings (SSSR count). The van der Waals surface area contributed by atoms with E-state index in [-0.39, 0.29) is 11.7 Å². The first-order valence-corrected chi connectivity index (χ1v) is 5.34.